The van der Waals surface area contributed by atoms with Crippen molar-refractivity contribution in [3.05, 3.63) is 60.2 Å². The van der Waals surface area contributed by atoms with Crippen molar-refractivity contribution in [1.82, 2.24) is 9.21 Å². The minimum Gasteiger partial charge on any atom is -0.493 e. The van der Waals surface area contributed by atoms with Gasteiger partial charge in [0, 0.05) is 37.8 Å². The zero-order chi connectivity index (χ0) is 20.9. The molecule has 0 unspecified atom stereocenters. The highest BCUT2D eigenvalue weighted by Crippen LogP contribution is 2.31. The molecule has 0 aromatic heterocycles. The summed E-state index contributed by atoms with van der Waals surface area (Å²) in [5.74, 6) is 0.964. The van der Waals surface area contributed by atoms with E-state index in [1.807, 2.05) is 12.1 Å². The van der Waals surface area contributed by atoms with Crippen LogP contribution in [0.3, 0.4) is 0 Å². The molecule has 154 valence electrons. The van der Waals surface area contributed by atoms with Crippen molar-refractivity contribution < 1.29 is 22.7 Å². The van der Waals surface area contributed by atoms with Crippen LogP contribution in [-0.2, 0) is 14.8 Å². The van der Waals surface area contributed by atoms with Gasteiger partial charge in [-0.3, -0.25) is 4.79 Å². The molecule has 0 bridgehead atoms. The lowest BCUT2D eigenvalue weighted by molar-refractivity contribution is -0.127. The second kappa shape index (κ2) is 9.11. The average molecular weight is 416 g/mol. The Bertz CT molecular complexity index is 981. The highest BCUT2D eigenvalue weighted by Gasteiger charge is 2.29. The van der Waals surface area contributed by atoms with E-state index < -0.39 is 10.0 Å². The van der Waals surface area contributed by atoms with E-state index in [1.165, 1.54) is 10.4 Å². The highest BCUT2D eigenvalue weighted by molar-refractivity contribution is 7.89. The average Bonchev–Trinajstić information content (AvgIpc) is 2.77. The van der Waals surface area contributed by atoms with Crippen molar-refractivity contribution in [2.24, 2.45) is 0 Å². The predicted molar refractivity (Wildman–Crippen MR) is 110 cm³/mol. The summed E-state index contributed by atoms with van der Waals surface area (Å²) < 4.78 is 37.4. The maximum atomic E-state index is 12.7. The van der Waals surface area contributed by atoms with E-state index in [1.54, 1.807) is 61.6 Å². The summed E-state index contributed by atoms with van der Waals surface area (Å²) in [6, 6.07) is 13.8. The molecule has 2 aromatic carbocycles. The van der Waals surface area contributed by atoms with Crippen molar-refractivity contribution in [2.45, 2.75) is 4.90 Å². The lowest BCUT2D eigenvalue weighted by atomic mass is 10.1. The quantitative estimate of drug-likeness (QED) is 0.675. The summed E-state index contributed by atoms with van der Waals surface area (Å²) in [7, 11) is -0.436. The van der Waals surface area contributed by atoms with Crippen LogP contribution in [0.1, 0.15) is 5.56 Å². The molecule has 0 atom stereocenters. The lowest BCUT2D eigenvalue weighted by Crippen LogP contribution is -2.50. The number of nitrogens with zero attached hydrogens (tertiary/aromatic N) is 2. The van der Waals surface area contributed by atoms with Gasteiger partial charge in [-0.1, -0.05) is 30.3 Å². The third-order valence-corrected chi connectivity index (χ3v) is 6.68. The van der Waals surface area contributed by atoms with Gasteiger partial charge in [0.25, 0.3) is 0 Å². The van der Waals surface area contributed by atoms with Gasteiger partial charge in [0.15, 0.2) is 11.5 Å². The fraction of sp³-hybridized carbons (Fsp3) is 0.286. The van der Waals surface area contributed by atoms with Gasteiger partial charge in [-0.2, -0.15) is 4.31 Å². The van der Waals surface area contributed by atoms with Crippen LogP contribution in [0.5, 0.6) is 11.5 Å². The summed E-state index contributed by atoms with van der Waals surface area (Å²) in [6.07, 6.45) is 3.15. The largest absolute Gasteiger partial charge is 0.493 e. The lowest BCUT2D eigenvalue weighted by Gasteiger charge is -2.33. The van der Waals surface area contributed by atoms with Gasteiger partial charge in [-0.05, 0) is 24.3 Å². The van der Waals surface area contributed by atoms with Gasteiger partial charge in [0.05, 0.1) is 19.1 Å². The molecule has 3 rings (SSSR count). The fourth-order valence-corrected chi connectivity index (χ4v) is 4.64. The number of carbonyl (C=O) groups is 1. The van der Waals surface area contributed by atoms with E-state index in [-0.39, 0.29) is 23.9 Å². The Balaban J connectivity index is 1.65. The van der Waals surface area contributed by atoms with Crippen LogP contribution < -0.4 is 9.47 Å². The van der Waals surface area contributed by atoms with E-state index in [4.69, 9.17) is 9.47 Å². The molecule has 0 aliphatic carbocycles. The van der Waals surface area contributed by atoms with Crippen LogP contribution in [0.15, 0.2) is 59.5 Å². The summed E-state index contributed by atoms with van der Waals surface area (Å²) in [5, 5.41) is 0. The smallest absolute Gasteiger partial charge is 0.246 e. The monoisotopic (exact) mass is 416 g/mol. The normalized spacial score (nSPS) is 15.4. The highest BCUT2D eigenvalue weighted by atomic mass is 32.2. The summed E-state index contributed by atoms with van der Waals surface area (Å²) in [5.41, 5.74) is 0.727. The minimum atomic E-state index is -3.54. The number of ether oxygens (including phenoxy) is 2. The Morgan fingerprint density at radius 3 is 2.24 bits per heavy atom. The second-order valence-electron chi connectivity index (χ2n) is 6.46. The molecule has 1 heterocycles. The Hall–Kier alpha value is -2.84. The Kier molecular flexibility index (Phi) is 6.56. The Labute approximate surface area is 171 Å². The van der Waals surface area contributed by atoms with Crippen LogP contribution in [0, 0.1) is 0 Å². The molecule has 1 amide bonds. The Morgan fingerprint density at radius 1 is 0.931 bits per heavy atom. The first kappa shape index (κ1) is 20.9. The minimum absolute atomic E-state index is 0.174. The molecule has 0 saturated carbocycles. The van der Waals surface area contributed by atoms with Gasteiger partial charge in [0.1, 0.15) is 0 Å². The van der Waals surface area contributed by atoms with Gasteiger partial charge in [-0.15, -0.1) is 0 Å². The van der Waals surface area contributed by atoms with Crippen LogP contribution in [0.4, 0.5) is 0 Å². The number of para-hydroxylation sites is 1. The summed E-state index contributed by atoms with van der Waals surface area (Å²) >= 11 is 0. The number of hydrogen-bond donors (Lipinski definition) is 0. The van der Waals surface area contributed by atoms with E-state index in [9.17, 15) is 13.2 Å². The first-order valence-corrected chi connectivity index (χ1v) is 10.6. The maximum absolute atomic E-state index is 12.7. The van der Waals surface area contributed by atoms with Crippen molar-refractivity contribution >= 4 is 22.0 Å². The van der Waals surface area contributed by atoms with Crippen LogP contribution in [0.2, 0.25) is 0 Å². The van der Waals surface area contributed by atoms with E-state index in [0.29, 0.717) is 24.6 Å². The molecule has 0 radical (unpaired) electrons. The molecule has 8 heteroatoms. The van der Waals surface area contributed by atoms with E-state index in [0.717, 1.165) is 5.56 Å². The molecule has 1 aliphatic heterocycles. The van der Waals surface area contributed by atoms with Crippen molar-refractivity contribution in [3.63, 3.8) is 0 Å². The maximum Gasteiger partial charge on any atom is 0.246 e. The molecule has 7 nitrogen and oxygen atoms in total. The summed E-state index contributed by atoms with van der Waals surface area (Å²) in [6.45, 7) is 1.20. The third kappa shape index (κ3) is 4.60. The number of benzene rings is 2. The second-order valence-corrected chi connectivity index (χ2v) is 8.40. The number of hydrogen-bond acceptors (Lipinski definition) is 5. The topological polar surface area (TPSA) is 76.2 Å². The third-order valence-electron chi connectivity index (χ3n) is 4.77. The fourth-order valence-electron chi connectivity index (χ4n) is 3.20. The van der Waals surface area contributed by atoms with Gasteiger partial charge in [0.2, 0.25) is 15.9 Å². The molecule has 1 aliphatic rings. The number of rotatable bonds is 6. The van der Waals surface area contributed by atoms with Gasteiger partial charge < -0.3 is 14.4 Å². The van der Waals surface area contributed by atoms with Crippen molar-refractivity contribution in [1.29, 1.82) is 0 Å². The number of amides is 1. The van der Waals surface area contributed by atoms with Crippen molar-refractivity contribution in [2.75, 3.05) is 40.4 Å². The summed E-state index contributed by atoms with van der Waals surface area (Å²) in [4.78, 5) is 14.5. The number of methoxy groups -OCH3 is 2. The van der Waals surface area contributed by atoms with Crippen LogP contribution in [0.25, 0.3) is 6.08 Å². The zero-order valence-corrected chi connectivity index (χ0v) is 17.3. The van der Waals surface area contributed by atoms with Gasteiger partial charge >= 0.3 is 0 Å². The molecule has 29 heavy (non-hydrogen) atoms. The van der Waals surface area contributed by atoms with Crippen molar-refractivity contribution in [3.8, 4) is 11.5 Å². The van der Waals surface area contributed by atoms with Crippen LogP contribution in [-0.4, -0.2) is 63.9 Å². The first-order valence-electron chi connectivity index (χ1n) is 9.20. The van der Waals surface area contributed by atoms with E-state index in [2.05, 4.69) is 0 Å². The zero-order valence-electron chi connectivity index (χ0n) is 16.4. The van der Waals surface area contributed by atoms with E-state index >= 15 is 0 Å². The molecular formula is C21H24N2O5S. The molecule has 1 fully saturated rings. The number of sulfonamides is 1. The first-order chi connectivity index (χ1) is 14.0. The number of piperazine rings is 1. The van der Waals surface area contributed by atoms with Gasteiger partial charge in [-0.25, -0.2) is 8.42 Å². The standard InChI is InChI=1S/C21H24N2O5S/c1-27-19-10-6-7-17(21(19)28-2)11-12-20(24)22-13-15-23(16-14-22)29(25,26)18-8-4-3-5-9-18/h3-12H,13-16H2,1-2H3/b12-11+. The van der Waals surface area contributed by atoms with Crippen LogP contribution >= 0.6 is 0 Å². The number of carbonyl (C=O) groups excluding carboxylic acids is 1. The SMILES string of the molecule is COc1cccc(/C=C/C(=O)N2CCN(S(=O)(=O)c3ccccc3)CC2)c1OC. The molecule has 1 saturated heterocycles. The molecule has 2 aromatic rings. The Morgan fingerprint density at radius 2 is 1.62 bits per heavy atom. The molecule has 0 N–H and O–H groups in total. The molecular weight excluding hydrogens is 392 g/mol. The molecule has 0 spiro atoms. The predicted octanol–water partition coefficient (Wildman–Crippen LogP) is 2.25.